The Labute approximate surface area is 105 Å². The highest BCUT2D eigenvalue weighted by molar-refractivity contribution is 7.10. The van der Waals surface area contributed by atoms with Crippen molar-refractivity contribution >= 4 is 17.2 Å². The van der Waals surface area contributed by atoms with Gasteiger partial charge in [0, 0.05) is 19.6 Å². The summed E-state index contributed by atoms with van der Waals surface area (Å²) < 4.78 is 0. The average Bonchev–Trinajstić information content (AvgIpc) is 2.55. The highest BCUT2D eigenvalue weighted by atomic mass is 32.1. The smallest absolute Gasteiger partial charge is 0.240 e. The molecule has 1 aromatic heterocycles. The van der Waals surface area contributed by atoms with Crippen LogP contribution in [0.5, 0.6) is 0 Å². The molecule has 0 bridgehead atoms. The molecule has 0 radical (unpaired) electrons. The lowest BCUT2D eigenvalue weighted by atomic mass is 10.1. The summed E-state index contributed by atoms with van der Waals surface area (Å²) in [6.45, 7) is 5.59. The summed E-state index contributed by atoms with van der Waals surface area (Å²) in [5, 5.41) is 3.32. The predicted molar refractivity (Wildman–Crippen MR) is 67.8 cm³/mol. The fourth-order valence-corrected chi connectivity index (χ4v) is 3.11. The maximum Gasteiger partial charge on any atom is 0.240 e. The molecule has 17 heavy (non-hydrogen) atoms. The van der Waals surface area contributed by atoms with E-state index in [1.54, 1.807) is 5.51 Å². The molecule has 1 atom stereocenters. The molecule has 0 aliphatic carbocycles. The molecular formula is C11H18N4OS. The van der Waals surface area contributed by atoms with Crippen LogP contribution in [0, 0.1) is 6.92 Å². The summed E-state index contributed by atoms with van der Waals surface area (Å²) >= 11 is 1.51. The largest absolute Gasteiger partial charge is 0.368 e. The van der Waals surface area contributed by atoms with Gasteiger partial charge in [0.05, 0.1) is 16.1 Å². The van der Waals surface area contributed by atoms with Gasteiger partial charge in [0.1, 0.15) is 6.04 Å². The fraction of sp³-hybridized carbons (Fsp3) is 0.636. The molecule has 2 rings (SSSR count). The molecule has 1 saturated heterocycles. The van der Waals surface area contributed by atoms with Gasteiger partial charge in [0.25, 0.3) is 0 Å². The zero-order valence-corrected chi connectivity index (χ0v) is 10.8. The number of amides is 1. The molecular weight excluding hydrogens is 236 g/mol. The van der Waals surface area contributed by atoms with Crippen LogP contribution in [0.1, 0.15) is 23.0 Å². The second-order valence-electron chi connectivity index (χ2n) is 4.25. The number of primary amides is 1. The summed E-state index contributed by atoms with van der Waals surface area (Å²) in [6, 6.07) is -0.317. The summed E-state index contributed by atoms with van der Waals surface area (Å²) in [7, 11) is 0. The van der Waals surface area contributed by atoms with Crippen molar-refractivity contribution in [1.29, 1.82) is 0 Å². The van der Waals surface area contributed by atoms with Gasteiger partial charge in [0.2, 0.25) is 5.91 Å². The molecule has 5 nitrogen and oxygen atoms in total. The monoisotopic (exact) mass is 254 g/mol. The Morgan fingerprint density at radius 3 is 3.06 bits per heavy atom. The first kappa shape index (κ1) is 12.5. The first-order valence-corrected chi connectivity index (χ1v) is 6.72. The standard InChI is InChI=1S/C11H18N4OS/c1-8-10(17-7-14-8)9(11(12)16)15-5-2-3-13-4-6-15/h7,9,13H,2-6H2,1H3,(H2,12,16). The van der Waals surface area contributed by atoms with Gasteiger partial charge in [0.15, 0.2) is 0 Å². The van der Waals surface area contributed by atoms with Crippen LogP contribution in [-0.4, -0.2) is 42.0 Å². The van der Waals surface area contributed by atoms with Crippen molar-refractivity contribution in [2.24, 2.45) is 5.73 Å². The van der Waals surface area contributed by atoms with Crippen molar-refractivity contribution in [3.63, 3.8) is 0 Å². The van der Waals surface area contributed by atoms with E-state index in [2.05, 4.69) is 15.2 Å². The topological polar surface area (TPSA) is 71.2 Å². The van der Waals surface area contributed by atoms with Crippen LogP contribution >= 0.6 is 11.3 Å². The molecule has 6 heteroatoms. The van der Waals surface area contributed by atoms with E-state index in [0.29, 0.717) is 0 Å². The van der Waals surface area contributed by atoms with Crippen LogP contribution in [0.15, 0.2) is 5.51 Å². The number of hydrogen-bond acceptors (Lipinski definition) is 5. The lowest BCUT2D eigenvalue weighted by molar-refractivity contribution is -0.123. The van der Waals surface area contributed by atoms with E-state index < -0.39 is 0 Å². The molecule has 0 spiro atoms. The minimum Gasteiger partial charge on any atom is -0.368 e. The third-order valence-electron chi connectivity index (χ3n) is 3.04. The summed E-state index contributed by atoms with van der Waals surface area (Å²) in [6.07, 6.45) is 1.04. The van der Waals surface area contributed by atoms with Crippen molar-refractivity contribution in [3.05, 3.63) is 16.1 Å². The number of aromatic nitrogens is 1. The van der Waals surface area contributed by atoms with E-state index in [1.807, 2.05) is 6.92 Å². The molecule has 2 heterocycles. The zero-order chi connectivity index (χ0) is 12.3. The normalized spacial score (nSPS) is 19.8. The van der Waals surface area contributed by atoms with Gasteiger partial charge < -0.3 is 11.1 Å². The molecule has 1 aromatic rings. The van der Waals surface area contributed by atoms with Crippen LogP contribution in [-0.2, 0) is 4.79 Å². The van der Waals surface area contributed by atoms with Crippen molar-refractivity contribution in [2.75, 3.05) is 26.2 Å². The average molecular weight is 254 g/mol. The minimum absolute atomic E-state index is 0.278. The van der Waals surface area contributed by atoms with Crippen molar-refractivity contribution in [3.8, 4) is 0 Å². The molecule has 3 N–H and O–H groups in total. The Morgan fingerprint density at radius 2 is 2.41 bits per heavy atom. The Balaban J connectivity index is 2.22. The van der Waals surface area contributed by atoms with E-state index >= 15 is 0 Å². The van der Waals surface area contributed by atoms with Gasteiger partial charge >= 0.3 is 0 Å². The van der Waals surface area contributed by atoms with E-state index in [9.17, 15) is 4.79 Å². The van der Waals surface area contributed by atoms with Gasteiger partial charge in [-0.05, 0) is 19.9 Å². The SMILES string of the molecule is Cc1ncsc1C(C(N)=O)N1CCCNCC1. The van der Waals surface area contributed by atoms with Gasteiger partial charge in [-0.1, -0.05) is 0 Å². The van der Waals surface area contributed by atoms with Crippen LogP contribution in [0.2, 0.25) is 0 Å². The van der Waals surface area contributed by atoms with Crippen LogP contribution in [0.4, 0.5) is 0 Å². The summed E-state index contributed by atoms with van der Waals surface area (Å²) in [5.74, 6) is -0.278. The summed E-state index contributed by atoms with van der Waals surface area (Å²) in [4.78, 5) is 19.0. The molecule has 1 aliphatic rings. The second-order valence-corrected chi connectivity index (χ2v) is 5.13. The van der Waals surface area contributed by atoms with Crippen LogP contribution < -0.4 is 11.1 Å². The number of nitrogens with two attached hydrogens (primary N) is 1. The molecule has 1 unspecified atom stereocenters. The van der Waals surface area contributed by atoms with Crippen LogP contribution in [0.3, 0.4) is 0 Å². The first-order chi connectivity index (χ1) is 8.20. The summed E-state index contributed by atoms with van der Waals surface area (Å²) in [5.41, 5.74) is 8.24. The predicted octanol–water partition coefficient (Wildman–Crippen LogP) is 0.273. The van der Waals surface area contributed by atoms with Crippen LogP contribution in [0.25, 0.3) is 0 Å². The number of nitrogens with one attached hydrogen (secondary N) is 1. The van der Waals surface area contributed by atoms with Crippen molar-refractivity contribution in [1.82, 2.24) is 15.2 Å². The molecule has 0 aromatic carbocycles. The van der Waals surface area contributed by atoms with Crippen molar-refractivity contribution < 1.29 is 4.79 Å². The second kappa shape index (κ2) is 5.57. The number of thiazole rings is 1. The Morgan fingerprint density at radius 1 is 1.59 bits per heavy atom. The van der Waals surface area contributed by atoms with Gasteiger partial charge in [-0.25, -0.2) is 4.98 Å². The minimum atomic E-state index is -0.317. The Bertz CT molecular complexity index is 385. The number of hydrogen-bond donors (Lipinski definition) is 2. The molecule has 1 fully saturated rings. The van der Waals surface area contributed by atoms with E-state index in [-0.39, 0.29) is 11.9 Å². The van der Waals surface area contributed by atoms with Gasteiger partial charge in [-0.3, -0.25) is 9.69 Å². The van der Waals surface area contributed by atoms with E-state index in [4.69, 9.17) is 5.73 Å². The number of carbonyl (C=O) groups excluding carboxylic acids is 1. The van der Waals surface area contributed by atoms with Gasteiger partial charge in [-0.15, -0.1) is 11.3 Å². The quantitative estimate of drug-likeness (QED) is 0.812. The maximum absolute atomic E-state index is 11.7. The fourth-order valence-electron chi connectivity index (χ4n) is 2.17. The molecule has 94 valence electrons. The highest BCUT2D eigenvalue weighted by Crippen LogP contribution is 2.27. The van der Waals surface area contributed by atoms with Gasteiger partial charge in [-0.2, -0.15) is 0 Å². The van der Waals surface area contributed by atoms with E-state index in [1.165, 1.54) is 11.3 Å². The molecule has 1 amide bonds. The molecule has 0 saturated carbocycles. The number of aryl methyl sites for hydroxylation is 1. The number of carbonyl (C=O) groups is 1. The maximum atomic E-state index is 11.7. The number of nitrogens with zero attached hydrogens (tertiary/aromatic N) is 2. The van der Waals surface area contributed by atoms with Crippen molar-refractivity contribution in [2.45, 2.75) is 19.4 Å². The highest BCUT2D eigenvalue weighted by Gasteiger charge is 2.28. The van der Waals surface area contributed by atoms with E-state index in [0.717, 1.165) is 43.2 Å². The Kier molecular flexibility index (Phi) is 4.09. The third-order valence-corrected chi connectivity index (χ3v) is 4.02. The lowest BCUT2D eigenvalue weighted by Gasteiger charge is -2.27. The lowest BCUT2D eigenvalue weighted by Crippen LogP contribution is -2.39. The first-order valence-electron chi connectivity index (χ1n) is 5.84. The number of rotatable bonds is 3. The zero-order valence-electron chi connectivity index (χ0n) is 9.98. The molecule has 1 aliphatic heterocycles. The Hall–Kier alpha value is -0.980. The third kappa shape index (κ3) is 2.83.